The molecule has 36 heavy (non-hydrogen) atoms. The van der Waals surface area contributed by atoms with E-state index in [4.69, 9.17) is 27.9 Å². The van der Waals surface area contributed by atoms with E-state index in [0.717, 1.165) is 36.6 Å². The zero-order valence-corrected chi connectivity index (χ0v) is 22.3. The van der Waals surface area contributed by atoms with Gasteiger partial charge in [-0.3, -0.25) is 9.69 Å². The molecule has 2 aromatic rings. The predicted molar refractivity (Wildman–Crippen MR) is 135 cm³/mol. The molecule has 1 atom stereocenters. The summed E-state index contributed by atoms with van der Waals surface area (Å²) in [6, 6.07) is 7.87. The zero-order valence-electron chi connectivity index (χ0n) is 20.0. The van der Waals surface area contributed by atoms with E-state index in [1.165, 1.54) is 12.1 Å². The second kappa shape index (κ2) is 10.5. The Morgan fingerprint density at radius 1 is 1.19 bits per heavy atom. The fraction of sp³-hybridized carbons (Fsp3) is 0.480. The van der Waals surface area contributed by atoms with Crippen LogP contribution in [-0.4, -0.2) is 50.8 Å². The quantitative estimate of drug-likeness (QED) is 0.421. The first-order valence-corrected chi connectivity index (χ1v) is 14.3. The van der Waals surface area contributed by atoms with Crippen LogP contribution < -0.4 is 4.72 Å². The molecular weight excluding hydrogens is 533 g/mol. The van der Waals surface area contributed by atoms with Crippen molar-refractivity contribution in [1.29, 1.82) is 0 Å². The molecule has 2 fully saturated rings. The molecule has 1 aliphatic heterocycles. The Labute approximate surface area is 220 Å². The molecule has 1 unspecified atom stereocenters. The zero-order chi connectivity index (χ0) is 26.3. The highest BCUT2D eigenvalue weighted by Gasteiger charge is 2.46. The lowest BCUT2D eigenvalue weighted by molar-refractivity contribution is -0.107. The Kier molecular flexibility index (Phi) is 7.98. The summed E-state index contributed by atoms with van der Waals surface area (Å²) in [5.74, 6) is -1.73. The largest absolute Gasteiger partial charge is 0.373 e. The number of carbonyl (C=O) groups is 1. The fourth-order valence-electron chi connectivity index (χ4n) is 4.74. The smallest absolute Gasteiger partial charge is 0.267 e. The molecule has 0 spiro atoms. The van der Waals surface area contributed by atoms with Crippen LogP contribution >= 0.6 is 23.2 Å². The molecule has 1 saturated heterocycles. The number of sulfonamides is 1. The predicted octanol–water partition coefficient (Wildman–Crippen LogP) is 5.39. The number of amides is 1. The molecule has 1 N–H and O–H groups in total. The van der Waals surface area contributed by atoms with Crippen LogP contribution in [0.3, 0.4) is 0 Å². The molecular formula is C25H28Cl2F2N2O4S. The van der Waals surface area contributed by atoms with E-state index >= 15 is 4.39 Å². The third-order valence-electron chi connectivity index (χ3n) is 6.46. The van der Waals surface area contributed by atoms with E-state index < -0.39 is 27.4 Å². The van der Waals surface area contributed by atoms with Crippen LogP contribution in [-0.2, 0) is 21.4 Å². The number of benzene rings is 2. The Balaban J connectivity index is 1.38. The maximum atomic E-state index is 15.3. The summed E-state index contributed by atoms with van der Waals surface area (Å²) in [4.78, 5) is 14.2. The van der Waals surface area contributed by atoms with Gasteiger partial charge in [-0.15, -0.1) is 0 Å². The number of likely N-dealkylation sites (tertiary alicyclic amines) is 1. The van der Waals surface area contributed by atoms with Crippen LogP contribution in [0.5, 0.6) is 0 Å². The summed E-state index contributed by atoms with van der Waals surface area (Å²) < 4.78 is 60.2. The summed E-state index contributed by atoms with van der Waals surface area (Å²) in [6.45, 7) is 2.22. The van der Waals surface area contributed by atoms with Gasteiger partial charge in [0.1, 0.15) is 5.82 Å². The van der Waals surface area contributed by atoms with Crippen molar-refractivity contribution in [2.75, 3.05) is 26.0 Å². The summed E-state index contributed by atoms with van der Waals surface area (Å²) in [6.07, 6.45) is 3.34. The van der Waals surface area contributed by atoms with Crippen LogP contribution in [0, 0.1) is 5.82 Å². The van der Waals surface area contributed by atoms with Crippen molar-refractivity contribution in [3.8, 4) is 0 Å². The van der Waals surface area contributed by atoms with Crippen molar-refractivity contribution in [3.05, 3.63) is 68.4 Å². The number of nitrogens with zero attached hydrogens (tertiary/aromatic N) is 1. The average Bonchev–Trinajstić information content (AvgIpc) is 3.56. The van der Waals surface area contributed by atoms with E-state index in [-0.39, 0.29) is 43.8 Å². The summed E-state index contributed by atoms with van der Waals surface area (Å²) in [5.41, 5.74) is 0.313. The minimum Gasteiger partial charge on any atom is -0.373 e. The Morgan fingerprint density at radius 2 is 1.83 bits per heavy atom. The fourth-order valence-corrected chi connectivity index (χ4v) is 5.73. The van der Waals surface area contributed by atoms with Crippen LogP contribution in [0.15, 0.2) is 30.3 Å². The topological polar surface area (TPSA) is 75.7 Å². The standard InChI is InChI=1S/C25H28Cl2F2N2O4S/c1-3-23(16-6-18(26)9-19(27)7-16)31-12-25(29,13-31)14-35-11-17-8-22(28)21(10-20(17)15-4-5-15)24(32)30-36(2,33)34/h6-10,15,23H,3-5,11-14H2,1-2H3,(H,30,32). The number of halogens is 4. The number of carbonyl (C=O) groups excluding carboxylic acids is 1. The Bertz CT molecular complexity index is 1240. The number of hydrogen-bond donors (Lipinski definition) is 1. The molecule has 196 valence electrons. The average molecular weight is 561 g/mol. The molecule has 1 heterocycles. The number of nitrogens with one attached hydrogen (secondary N) is 1. The third-order valence-corrected chi connectivity index (χ3v) is 7.45. The van der Waals surface area contributed by atoms with Crippen molar-refractivity contribution in [1.82, 2.24) is 9.62 Å². The molecule has 2 aliphatic rings. The maximum absolute atomic E-state index is 15.3. The van der Waals surface area contributed by atoms with Gasteiger partial charge in [0.05, 0.1) is 25.0 Å². The van der Waals surface area contributed by atoms with Crippen LogP contribution in [0.2, 0.25) is 10.0 Å². The lowest BCUT2D eigenvalue weighted by atomic mass is 9.91. The van der Waals surface area contributed by atoms with E-state index in [1.54, 1.807) is 10.8 Å². The van der Waals surface area contributed by atoms with E-state index in [0.29, 0.717) is 15.6 Å². The number of rotatable bonds is 10. The number of hydrogen-bond acceptors (Lipinski definition) is 5. The van der Waals surface area contributed by atoms with Gasteiger partial charge in [-0.2, -0.15) is 0 Å². The minimum absolute atomic E-state index is 0.0104. The first-order valence-electron chi connectivity index (χ1n) is 11.7. The van der Waals surface area contributed by atoms with Crippen LogP contribution in [0.1, 0.15) is 65.2 Å². The highest BCUT2D eigenvalue weighted by Crippen LogP contribution is 2.43. The van der Waals surface area contributed by atoms with Crippen molar-refractivity contribution >= 4 is 39.1 Å². The molecule has 1 aliphatic carbocycles. The van der Waals surface area contributed by atoms with Gasteiger partial charge in [0.15, 0.2) is 5.67 Å². The van der Waals surface area contributed by atoms with Crippen molar-refractivity contribution in [3.63, 3.8) is 0 Å². The second-order valence-electron chi connectivity index (χ2n) is 9.68. The van der Waals surface area contributed by atoms with E-state index in [2.05, 4.69) is 0 Å². The number of ether oxygens (including phenoxy) is 1. The lowest BCUT2D eigenvalue weighted by Crippen LogP contribution is -2.62. The molecule has 1 saturated carbocycles. The van der Waals surface area contributed by atoms with Gasteiger partial charge in [-0.1, -0.05) is 30.1 Å². The van der Waals surface area contributed by atoms with Crippen molar-refractivity contribution in [2.45, 2.75) is 50.4 Å². The molecule has 4 rings (SSSR count). The van der Waals surface area contributed by atoms with Gasteiger partial charge < -0.3 is 4.74 Å². The van der Waals surface area contributed by atoms with Gasteiger partial charge >= 0.3 is 0 Å². The van der Waals surface area contributed by atoms with E-state index in [1.807, 2.05) is 24.0 Å². The van der Waals surface area contributed by atoms with Gasteiger partial charge in [0.25, 0.3) is 5.91 Å². The first-order chi connectivity index (χ1) is 16.9. The Morgan fingerprint density at radius 3 is 2.39 bits per heavy atom. The van der Waals surface area contributed by atoms with Gasteiger partial charge in [-0.25, -0.2) is 21.9 Å². The molecule has 6 nitrogen and oxygen atoms in total. The second-order valence-corrected chi connectivity index (χ2v) is 12.3. The van der Waals surface area contributed by atoms with Crippen molar-refractivity contribution < 1.29 is 26.7 Å². The summed E-state index contributed by atoms with van der Waals surface area (Å²) in [5, 5.41) is 1.06. The molecule has 0 bridgehead atoms. The lowest BCUT2D eigenvalue weighted by Gasteiger charge is -2.48. The highest BCUT2D eigenvalue weighted by atomic mass is 35.5. The summed E-state index contributed by atoms with van der Waals surface area (Å²) in [7, 11) is -3.83. The molecule has 11 heteroatoms. The molecule has 1 amide bonds. The monoisotopic (exact) mass is 560 g/mol. The maximum Gasteiger partial charge on any atom is 0.267 e. The molecule has 0 aromatic heterocycles. The van der Waals surface area contributed by atoms with Gasteiger partial charge in [-0.05, 0) is 72.2 Å². The van der Waals surface area contributed by atoms with Crippen LogP contribution in [0.4, 0.5) is 8.78 Å². The van der Waals surface area contributed by atoms with Gasteiger partial charge in [0, 0.05) is 29.2 Å². The first kappa shape index (κ1) is 27.3. The van der Waals surface area contributed by atoms with Crippen LogP contribution in [0.25, 0.3) is 0 Å². The van der Waals surface area contributed by atoms with Gasteiger partial charge in [0.2, 0.25) is 10.0 Å². The Hall–Kier alpha value is -1.78. The third kappa shape index (κ3) is 6.55. The van der Waals surface area contributed by atoms with E-state index in [9.17, 15) is 17.6 Å². The SMILES string of the molecule is CCC(c1cc(Cl)cc(Cl)c1)N1CC(F)(COCc2cc(F)c(C(=O)NS(C)(=O)=O)cc2C2CC2)C1. The minimum atomic E-state index is -3.83. The highest BCUT2D eigenvalue weighted by molar-refractivity contribution is 7.89. The summed E-state index contributed by atoms with van der Waals surface area (Å²) >= 11 is 12.3. The van der Waals surface area contributed by atoms with Crippen molar-refractivity contribution in [2.24, 2.45) is 0 Å². The molecule has 0 radical (unpaired) electrons. The normalized spacial score (nSPS) is 18.5. The number of alkyl halides is 1. The molecule has 2 aromatic carbocycles.